The van der Waals surface area contributed by atoms with Gasteiger partial charge in [0.15, 0.2) is 9.84 Å². The standard InChI is InChI=1S/C14H16BrNO5S/c1-22(20,21)10-4-5-12(15)11(7-10)13(17)16-6-2-3-9(8-16)14(18)19/h4-5,7,9H,2-3,6,8H2,1H3,(H,18,19)/t9-/m1/s1. The Bertz CT molecular complexity index is 716. The lowest BCUT2D eigenvalue weighted by atomic mass is 9.97. The summed E-state index contributed by atoms with van der Waals surface area (Å²) in [7, 11) is -3.42. The van der Waals surface area contributed by atoms with E-state index in [1.165, 1.54) is 23.1 Å². The highest BCUT2D eigenvalue weighted by molar-refractivity contribution is 9.10. The van der Waals surface area contributed by atoms with Crippen LogP contribution in [0.2, 0.25) is 0 Å². The minimum Gasteiger partial charge on any atom is -0.481 e. The highest BCUT2D eigenvalue weighted by Gasteiger charge is 2.29. The Morgan fingerprint density at radius 2 is 2.05 bits per heavy atom. The van der Waals surface area contributed by atoms with Crippen LogP contribution < -0.4 is 0 Å². The van der Waals surface area contributed by atoms with Crippen LogP contribution in [-0.4, -0.2) is 49.6 Å². The molecule has 22 heavy (non-hydrogen) atoms. The molecule has 1 aliphatic rings. The molecule has 0 unspecified atom stereocenters. The zero-order valence-electron chi connectivity index (χ0n) is 12.0. The van der Waals surface area contributed by atoms with Crippen molar-refractivity contribution in [3.05, 3.63) is 28.2 Å². The van der Waals surface area contributed by atoms with Gasteiger partial charge in [0.05, 0.1) is 16.4 Å². The van der Waals surface area contributed by atoms with Gasteiger partial charge in [0, 0.05) is 23.8 Å². The summed E-state index contributed by atoms with van der Waals surface area (Å²) in [4.78, 5) is 25.2. The number of hydrogen-bond acceptors (Lipinski definition) is 4. The average Bonchev–Trinajstić information content (AvgIpc) is 2.46. The second kappa shape index (κ2) is 6.37. The largest absolute Gasteiger partial charge is 0.481 e. The molecular weight excluding hydrogens is 374 g/mol. The summed E-state index contributed by atoms with van der Waals surface area (Å²) in [6.07, 6.45) is 2.24. The van der Waals surface area contributed by atoms with Gasteiger partial charge in [-0.1, -0.05) is 0 Å². The van der Waals surface area contributed by atoms with E-state index in [1.54, 1.807) is 0 Å². The number of benzene rings is 1. The predicted molar refractivity (Wildman–Crippen MR) is 83.5 cm³/mol. The number of carbonyl (C=O) groups is 2. The van der Waals surface area contributed by atoms with E-state index in [0.29, 0.717) is 23.9 Å². The van der Waals surface area contributed by atoms with Crippen LogP contribution in [0.3, 0.4) is 0 Å². The number of amides is 1. The smallest absolute Gasteiger partial charge is 0.308 e. The molecule has 0 spiro atoms. The number of carbonyl (C=O) groups excluding carboxylic acids is 1. The van der Waals surface area contributed by atoms with Gasteiger partial charge >= 0.3 is 5.97 Å². The first-order valence-electron chi connectivity index (χ1n) is 6.72. The number of rotatable bonds is 3. The maximum atomic E-state index is 12.6. The molecule has 120 valence electrons. The number of halogens is 1. The number of carboxylic acid groups (broad SMARTS) is 1. The summed E-state index contributed by atoms with van der Waals surface area (Å²) in [5.41, 5.74) is 0.231. The summed E-state index contributed by atoms with van der Waals surface area (Å²) in [6, 6.07) is 4.26. The molecule has 0 radical (unpaired) electrons. The SMILES string of the molecule is CS(=O)(=O)c1ccc(Br)c(C(=O)N2CCC[C@@H](C(=O)O)C2)c1. The van der Waals surface area contributed by atoms with Gasteiger partial charge in [0.1, 0.15) is 0 Å². The molecule has 2 rings (SSSR count). The highest BCUT2D eigenvalue weighted by atomic mass is 79.9. The van der Waals surface area contributed by atoms with E-state index in [9.17, 15) is 18.0 Å². The Kier molecular flexibility index (Phi) is 4.91. The molecule has 1 aromatic carbocycles. The Morgan fingerprint density at radius 1 is 1.36 bits per heavy atom. The number of sulfone groups is 1. The number of nitrogens with zero attached hydrogens (tertiary/aromatic N) is 1. The molecule has 1 atom stereocenters. The Balaban J connectivity index is 2.31. The normalized spacial score (nSPS) is 19.0. The highest BCUT2D eigenvalue weighted by Crippen LogP contribution is 2.25. The Labute approximate surface area is 137 Å². The van der Waals surface area contributed by atoms with E-state index in [0.717, 1.165) is 6.26 Å². The molecular formula is C14H16BrNO5S. The van der Waals surface area contributed by atoms with Crippen LogP contribution in [0.25, 0.3) is 0 Å². The molecule has 0 bridgehead atoms. The number of piperidine rings is 1. The summed E-state index contributed by atoms with van der Waals surface area (Å²) in [5.74, 6) is -1.85. The van der Waals surface area contributed by atoms with Crippen molar-refractivity contribution in [2.75, 3.05) is 19.3 Å². The van der Waals surface area contributed by atoms with Crippen LogP contribution in [0.1, 0.15) is 23.2 Å². The van der Waals surface area contributed by atoms with Crippen molar-refractivity contribution in [1.29, 1.82) is 0 Å². The molecule has 1 N–H and O–H groups in total. The minimum absolute atomic E-state index is 0.0610. The summed E-state index contributed by atoms with van der Waals surface area (Å²) in [6.45, 7) is 0.613. The van der Waals surface area contributed by atoms with E-state index in [1.807, 2.05) is 0 Å². The van der Waals surface area contributed by atoms with Crippen LogP contribution in [0.5, 0.6) is 0 Å². The van der Waals surface area contributed by atoms with Crippen LogP contribution in [0, 0.1) is 5.92 Å². The molecule has 1 aliphatic heterocycles. The lowest BCUT2D eigenvalue weighted by Crippen LogP contribution is -2.42. The molecule has 0 saturated carbocycles. The molecule has 1 aromatic rings. The number of likely N-dealkylation sites (tertiary alicyclic amines) is 1. The van der Waals surface area contributed by atoms with E-state index < -0.39 is 21.7 Å². The Morgan fingerprint density at radius 3 is 2.64 bits per heavy atom. The van der Waals surface area contributed by atoms with Crippen molar-refractivity contribution < 1.29 is 23.1 Å². The van der Waals surface area contributed by atoms with Crippen LogP contribution in [0.4, 0.5) is 0 Å². The lowest BCUT2D eigenvalue weighted by molar-refractivity contribution is -0.143. The van der Waals surface area contributed by atoms with Crippen LogP contribution in [0.15, 0.2) is 27.6 Å². The second-order valence-corrected chi connectivity index (χ2v) is 8.21. The van der Waals surface area contributed by atoms with Crippen molar-refractivity contribution in [3.63, 3.8) is 0 Å². The third kappa shape index (κ3) is 3.67. The quantitative estimate of drug-likeness (QED) is 0.850. The fourth-order valence-electron chi connectivity index (χ4n) is 2.43. The molecule has 1 saturated heterocycles. The molecule has 1 heterocycles. The third-order valence-electron chi connectivity index (χ3n) is 3.65. The van der Waals surface area contributed by atoms with Gasteiger partial charge in [-0.3, -0.25) is 9.59 Å². The van der Waals surface area contributed by atoms with Crippen molar-refractivity contribution in [2.45, 2.75) is 17.7 Å². The second-order valence-electron chi connectivity index (χ2n) is 5.34. The van der Waals surface area contributed by atoms with Crippen molar-refractivity contribution in [2.24, 2.45) is 5.92 Å². The first-order valence-corrected chi connectivity index (χ1v) is 9.40. The number of carboxylic acids is 1. The van der Waals surface area contributed by atoms with Crippen LogP contribution in [-0.2, 0) is 14.6 Å². The summed E-state index contributed by atoms with van der Waals surface area (Å²) in [5, 5.41) is 9.09. The Hall–Kier alpha value is -1.41. The topological polar surface area (TPSA) is 91.8 Å². The maximum absolute atomic E-state index is 12.6. The molecule has 1 amide bonds. The van der Waals surface area contributed by atoms with Gasteiger partial charge in [0.2, 0.25) is 0 Å². The van der Waals surface area contributed by atoms with Crippen LogP contribution >= 0.6 is 15.9 Å². The molecule has 0 aliphatic carbocycles. The van der Waals surface area contributed by atoms with Gasteiger partial charge in [-0.25, -0.2) is 8.42 Å². The number of hydrogen-bond donors (Lipinski definition) is 1. The van der Waals surface area contributed by atoms with E-state index >= 15 is 0 Å². The summed E-state index contributed by atoms with van der Waals surface area (Å²) >= 11 is 3.25. The van der Waals surface area contributed by atoms with Gasteiger partial charge in [-0.2, -0.15) is 0 Å². The fourth-order valence-corrected chi connectivity index (χ4v) is 3.50. The third-order valence-corrected chi connectivity index (χ3v) is 5.46. The van der Waals surface area contributed by atoms with E-state index in [4.69, 9.17) is 5.11 Å². The first-order chi connectivity index (χ1) is 10.2. The van der Waals surface area contributed by atoms with Gasteiger partial charge in [0.25, 0.3) is 5.91 Å². The lowest BCUT2D eigenvalue weighted by Gasteiger charge is -2.31. The van der Waals surface area contributed by atoms with Gasteiger partial charge in [-0.05, 0) is 47.0 Å². The van der Waals surface area contributed by atoms with Gasteiger partial charge < -0.3 is 10.0 Å². The van der Waals surface area contributed by atoms with E-state index in [2.05, 4.69) is 15.9 Å². The minimum atomic E-state index is -3.42. The fraction of sp³-hybridized carbons (Fsp3) is 0.429. The van der Waals surface area contributed by atoms with Crippen molar-refractivity contribution >= 4 is 37.6 Å². The first kappa shape index (κ1) is 17.0. The monoisotopic (exact) mass is 389 g/mol. The predicted octanol–water partition coefficient (Wildman–Crippen LogP) is 1.79. The molecule has 8 heteroatoms. The van der Waals surface area contributed by atoms with Crippen molar-refractivity contribution in [1.82, 2.24) is 4.90 Å². The van der Waals surface area contributed by atoms with Gasteiger partial charge in [-0.15, -0.1) is 0 Å². The number of aliphatic carboxylic acids is 1. The molecule has 6 nitrogen and oxygen atoms in total. The molecule has 1 fully saturated rings. The molecule has 0 aromatic heterocycles. The zero-order chi connectivity index (χ0) is 16.5. The van der Waals surface area contributed by atoms with Crippen molar-refractivity contribution in [3.8, 4) is 0 Å². The van der Waals surface area contributed by atoms with E-state index in [-0.39, 0.29) is 22.9 Å². The zero-order valence-corrected chi connectivity index (χ0v) is 14.4. The summed E-state index contributed by atoms with van der Waals surface area (Å²) < 4.78 is 23.7. The average molecular weight is 390 g/mol. The maximum Gasteiger partial charge on any atom is 0.308 e.